The number of aromatic nitrogens is 2. The smallest absolute Gasteiger partial charge is 0.870 e. The third kappa shape index (κ3) is 6.42. The van der Waals surface area contributed by atoms with Crippen molar-refractivity contribution in [1.82, 2.24) is 9.97 Å². The molecule has 0 aliphatic rings. The van der Waals surface area contributed by atoms with Crippen LogP contribution in [0.25, 0.3) is 20.4 Å². The van der Waals surface area contributed by atoms with Gasteiger partial charge in [-0.2, -0.15) is 0 Å². The van der Waals surface area contributed by atoms with Crippen LogP contribution in [0.1, 0.15) is 39.0 Å². The number of esters is 1. The van der Waals surface area contributed by atoms with Crippen molar-refractivity contribution in [3.63, 3.8) is 0 Å². The topological polar surface area (TPSA) is 145 Å². The minimum atomic E-state index is -0.905. The fourth-order valence-electron chi connectivity index (χ4n) is 2.50. The number of aromatic carboxylic acids is 1. The molecule has 0 amide bonds. The van der Waals surface area contributed by atoms with Gasteiger partial charge >= 0.3 is 41.5 Å². The molecule has 158 valence electrons. The van der Waals surface area contributed by atoms with Crippen LogP contribution in [-0.2, 0) is 4.74 Å². The van der Waals surface area contributed by atoms with E-state index < -0.39 is 5.97 Å². The van der Waals surface area contributed by atoms with Crippen molar-refractivity contribution in [2.75, 3.05) is 13.7 Å². The summed E-state index contributed by atoms with van der Waals surface area (Å²) in [7, 11) is 1.00. The Kier molecular flexibility index (Phi) is 12.2. The number of thiophene rings is 2. The van der Waals surface area contributed by atoms with Gasteiger partial charge in [0.2, 0.25) is 0 Å². The van der Waals surface area contributed by atoms with E-state index >= 15 is 0 Å². The number of hydrogen-bond donors (Lipinski definition) is 4. The summed E-state index contributed by atoms with van der Waals surface area (Å²) in [5, 5.41) is 19.7. The van der Waals surface area contributed by atoms with E-state index in [0.29, 0.717) is 12.3 Å². The Bertz CT molecular complexity index is 1100. The van der Waals surface area contributed by atoms with Gasteiger partial charge in [0.25, 0.3) is 0 Å². The van der Waals surface area contributed by atoms with Gasteiger partial charge in [0.1, 0.15) is 11.4 Å². The van der Waals surface area contributed by atoms with Gasteiger partial charge in [-0.1, -0.05) is 0 Å². The van der Waals surface area contributed by atoms with Crippen molar-refractivity contribution in [2.45, 2.75) is 20.8 Å². The van der Waals surface area contributed by atoms with Crippen LogP contribution in [0, 0.1) is 13.8 Å². The summed E-state index contributed by atoms with van der Waals surface area (Å²) in [6, 6.07) is 3.50. The molecule has 4 heterocycles. The summed E-state index contributed by atoms with van der Waals surface area (Å²) >= 11 is 3.19. The van der Waals surface area contributed by atoms with Crippen LogP contribution in [0.2, 0.25) is 0 Å². The van der Waals surface area contributed by atoms with Crippen LogP contribution in [0.15, 0.2) is 22.9 Å². The maximum atomic E-state index is 11.4. The van der Waals surface area contributed by atoms with E-state index in [1.54, 1.807) is 35.7 Å². The molecule has 0 fully saturated rings. The molecular weight excluding hydrogens is 439 g/mol. The van der Waals surface area contributed by atoms with Crippen molar-refractivity contribution in [3.8, 4) is 0 Å². The second kappa shape index (κ2) is 12.9. The molecule has 4 aromatic rings. The summed E-state index contributed by atoms with van der Waals surface area (Å²) in [4.78, 5) is 27.8. The van der Waals surface area contributed by atoms with Crippen molar-refractivity contribution in [2.24, 2.45) is 0 Å². The maximum Gasteiger partial charge on any atom is 1.00 e. The number of aliphatic hydroxyl groups excluding tert-OH is 1. The van der Waals surface area contributed by atoms with Gasteiger partial charge in [-0.05, 0) is 54.8 Å². The predicted octanol–water partition coefficient (Wildman–Crippen LogP) is 1.39. The standard InChI is InChI=1S/C10H11NO2S.C8H7NO2S.CH4O.Na.H2O/c1-3-13-10(12)7-4-8-9(11-7)6(2)5-14-8;1-4-3-12-6-2-5(8(10)11)9-7(4)6;1-2;;/h4-5,11H,3H2,1-2H3;2-3,9H,1H3,(H,10,11);2H,1H3;;1H2/q;;;+1;/p-1. The normalized spacial score (nSPS) is 9.50. The van der Waals surface area contributed by atoms with Gasteiger partial charge in [0, 0.05) is 7.11 Å². The number of carboxylic acids is 1. The van der Waals surface area contributed by atoms with E-state index in [0.717, 1.165) is 33.1 Å². The third-order valence-corrected chi connectivity index (χ3v) is 5.90. The molecule has 11 heteroatoms. The van der Waals surface area contributed by atoms with Gasteiger partial charge in [-0.15, -0.1) is 22.7 Å². The van der Waals surface area contributed by atoms with E-state index in [4.69, 9.17) is 14.9 Å². The molecule has 8 nitrogen and oxygen atoms in total. The van der Waals surface area contributed by atoms with Crippen LogP contribution in [0.4, 0.5) is 0 Å². The van der Waals surface area contributed by atoms with Gasteiger partial charge in [-0.25, -0.2) is 9.59 Å². The molecule has 0 spiro atoms. The van der Waals surface area contributed by atoms with E-state index in [-0.39, 0.29) is 46.7 Å². The largest absolute Gasteiger partial charge is 1.00 e. The Hall–Kier alpha value is -1.66. The number of aromatic amines is 2. The maximum absolute atomic E-state index is 11.4. The van der Waals surface area contributed by atoms with Crippen LogP contribution in [0.3, 0.4) is 0 Å². The number of carboxylic acid groups (broad SMARTS) is 1. The van der Waals surface area contributed by atoms with E-state index in [1.165, 1.54) is 5.56 Å². The molecule has 5 N–H and O–H groups in total. The Balaban J connectivity index is 0.000000492. The van der Waals surface area contributed by atoms with Crippen molar-refractivity contribution >= 4 is 55.0 Å². The average Bonchev–Trinajstić information content (AvgIpc) is 3.42. The SMILES string of the molecule is CCOC(=O)c1cc2scc(C)c2[nH]1.CO.Cc1csc2cc(C(=O)O)[nH]c12.[Na+].[OH-]. The number of aliphatic hydroxyl groups is 1. The first-order valence-corrected chi connectivity index (χ1v) is 10.1. The fraction of sp³-hybridized carbons (Fsp3) is 0.263. The second-order valence-electron chi connectivity index (χ2n) is 5.71. The number of nitrogens with one attached hydrogen (secondary N) is 2. The first-order valence-electron chi connectivity index (χ1n) is 8.39. The van der Waals surface area contributed by atoms with E-state index in [2.05, 4.69) is 15.3 Å². The van der Waals surface area contributed by atoms with Crippen LogP contribution < -0.4 is 29.6 Å². The molecule has 4 rings (SSSR count). The Morgan fingerprint density at radius 3 is 1.80 bits per heavy atom. The summed E-state index contributed by atoms with van der Waals surface area (Å²) in [6.45, 7) is 6.18. The summed E-state index contributed by atoms with van der Waals surface area (Å²) in [5.41, 5.74) is 5.05. The number of ether oxygens (including phenoxy) is 1. The quantitative estimate of drug-likeness (QED) is 0.267. The Morgan fingerprint density at radius 2 is 1.40 bits per heavy atom. The van der Waals surface area contributed by atoms with Gasteiger partial charge in [-0.3, -0.25) is 0 Å². The van der Waals surface area contributed by atoms with Gasteiger partial charge < -0.3 is 30.4 Å². The number of H-pyrrole nitrogens is 2. The molecule has 0 saturated heterocycles. The molecule has 0 atom stereocenters. The van der Waals surface area contributed by atoms with E-state index in [9.17, 15) is 9.59 Å². The Morgan fingerprint density at radius 1 is 0.967 bits per heavy atom. The molecule has 0 bridgehead atoms. The summed E-state index contributed by atoms with van der Waals surface area (Å²) in [6.07, 6.45) is 0. The molecule has 0 aromatic carbocycles. The number of rotatable bonds is 3. The van der Waals surface area contributed by atoms with Crippen molar-refractivity contribution in [3.05, 3.63) is 45.4 Å². The van der Waals surface area contributed by atoms with Crippen LogP contribution in [0.5, 0.6) is 0 Å². The molecule has 0 saturated carbocycles. The number of hydrogen-bond acceptors (Lipinski definition) is 7. The van der Waals surface area contributed by atoms with Crippen LogP contribution in [-0.4, -0.2) is 51.3 Å². The minimum Gasteiger partial charge on any atom is -0.870 e. The third-order valence-electron chi connectivity index (χ3n) is 3.80. The molecular formula is C19H23N2NaO6S2. The average molecular weight is 463 g/mol. The molecule has 0 unspecified atom stereocenters. The summed E-state index contributed by atoms with van der Waals surface area (Å²) in [5.74, 6) is -1.19. The van der Waals surface area contributed by atoms with Crippen molar-refractivity contribution < 1.29 is 59.6 Å². The number of carbonyl (C=O) groups is 2. The second-order valence-corrected chi connectivity index (χ2v) is 7.53. The molecule has 4 aromatic heterocycles. The van der Waals surface area contributed by atoms with Crippen molar-refractivity contribution in [1.29, 1.82) is 0 Å². The van der Waals surface area contributed by atoms with Gasteiger partial charge in [0.15, 0.2) is 0 Å². The fourth-order valence-corrected chi connectivity index (χ4v) is 4.37. The summed E-state index contributed by atoms with van der Waals surface area (Å²) < 4.78 is 7.01. The number of aryl methyl sites for hydroxylation is 2. The van der Waals surface area contributed by atoms with Crippen LogP contribution >= 0.6 is 22.7 Å². The number of carbonyl (C=O) groups excluding carboxylic acids is 1. The molecule has 30 heavy (non-hydrogen) atoms. The zero-order valence-electron chi connectivity index (χ0n) is 17.4. The van der Waals surface area contributed by atoms with Gasteiger partial charge in [0.05, 0.1) is 27.0 Å². The molecule has 0 aliphatic heterocycles. The zero-order valence-corrected chi connectivity index (χ0v) is 21.0. The zero-order chi connectivity index (χ0) is 20.8. The molecule has 0 radical (unpaired) electrons. The Labute approximate surface area is 203 Å². The predicted molar refractivity (Wildman–Crippen MR) is 115 cm³/mol. The van der Waals surface area contributed by atoms with E-state index in [1.807, 2.05) is 25.3 Å². The first-order chi connectivity index (χ1) is 13.4. The molecule has 0 aliphatic carbocycles. The first kappa shape index (κ1) is 28.3. The monoisotopic (exact) mass is 462 g/mol. The minimum absolute atomic E-state index is 0. The number of fused-ring (bicyclic) bond motifs is 2.